The number of hydrogen-bond acceptors (Lipinski definition) is 2. The first kappa shape index (κ1) is 8.89. The van der Waals surface area contributed by atoms with Gasteiger partial charge in [-0.05, 0) is 25.0 Å². The Balaban J connectivity index is 1.96. The fourth-order valence-electron chi connectivity index (χ4n) is 2.38. The van der Waals surface area contributed by atoms with Crippen LogP contribution in [0, 0.1) is 0 Å². The first-order valence-electron chi connectivity index (χ1n) is 5.75. The van der Waals surface area contributed by atoms with Crippen molar-refractivity contribution < 1.29 is 0 Å². The maximum atomic E-state index is 4.59. The van der Waals surface area contributed by atoms with Gasteiger partial charge in [-0.3, -0.25) is 0 Å². The molecule has 2 aromatic heterocycles. The van der Waals surface area contributed by atoms with E-state index >= 15 is 0 Å². The Morgan fingerprint density at radius 2 is 2.00 bits per heavy atom. The van der Waals surface area contributed by atoms with Crippen LogP contribution in [0.3, 0.4) is 0 Å². The highest BCUT2D eigenvalue weighted by Crippen LogP contribution is 2.30. The summed E-state index contributed by atoms with van der Waals surface area (Å²) in [6, 6.07) is 6.01. The summed E-state index contributed by atoms with van der Waals surface area (Å²) >= 11 is 0. The summed E-state index contributed by atoms with van der Waals surface area (Å²) in [4.78, 5) is 4.59. The number of fused-ring (bicyclic) bond motifs is 1. The highest BCUT2D eigenvalue weighted by Gasteiger charge is 2.19. The molecule has 0 radical (unpaired) electrons. The van der Waals surface area contributed by atoms with Gasteiger partial charge in [0.2, 0.25) is 0 Å². The lowest BCUT2D eigenvalue weighted by atomic mass is 9.89. The lowest BCUT2D eigenvalue weighted by Gasteiger charge is -2.17. The Hall–Kier alpha value is -1.38. The van der Waals surface area contributed by atoms with Crippen molar-refractivity contribution in [3.05, 3.63) is 30.2 Å². The van der Waals surface area contributed by atoms with Crippen molar-refractivity contribution in [1.82, 2.24) is 14.6 Å². The molecule has 1 aliphatic carbocycles. The smallest absolute Gasteiger partial charge is 0.155 e. The van der Waals surface area contributed by atoms with Crippen LogP contribution in [0.15, 0.2) is 24.4 Å². The van der Waals surface area contributed by atoms with Crippen LogP contribution in [0.25, 0.3) is 5.65 Å². The van der Waals surface area contributed by atoms with Gasteiger partial charge in [-0.25, -0.2) is 9.50 Å². The van der Waals surface area contributed by atoms with E-state index in [1.807, 2.05) is 28.9 Å². The van der Waals surface area contributed by atoms with Crippen molar-refractivity contribution in [3.8, 4) is 0 Å². The summed E-state index contributed by atoms with van der Waals surface area (Å²) in [5.74, 6) is 1.64. The molecule has 3 nitrogen and oxygen atoms in total. The third-order valence-electron chi connectivity index (χ3n) is 3.23. The zero-order valence-corrected chi connectivity index (χ0v) is 8.76. The zero-order chi connectivity index (χ0) is 10.1. The van der Waals surface area contributed by atoms with Crippen LogP contribution < -0.4 is 0 Å². The molecule has 0 N–H and O–H groups in total. The van der Waals surface area contributed by atoms with Gasteiger partial charge in [0, 0.05) is 12.1 Å². The van der Waals surface area contributed by atoms with Gasteiger partial charge in [0.25, 0.3) is 0 Å². The first-order chi connectivity index (χ1) is 7.43. The molecule has 78 valence electrons. The fourth-order valence-corrected chi connectivity index (χ4v) is 2.38. The summed E-state index contributed by atoms with van der Waals surface area (Å²) in [6.07, 6.45) is 8.53. The second kappa shape index (κ2) is 3.65. The molecule has 0 aliphatic heterocycles. The minimum atomic E-state index is 0.596. The molecule has 0 unspecified atom stereocenters. The van der Waals surface area contributed by atoms with E-state index in [4.69, 9.17) is 0 Å². The molecule has 15 heavy (non-hydrogen) atoms. The SMILES string of the molecule is c1ccn2nc(C3CCCCC3)nc2c1. The van der Waals surface area contributed by atoms with Crippen LogP contribution in [0.2, 0.25) is 0 Å². The van der Waals surface area contributed by atoms with E-state index in [-0.39, 0.29) is 0 Å². The normalized spacial score (nSPS) is 18.4. The monoisotopic (exact) mass is 201 g/mol. The van der Waals surface area contributed by atoms with E-state index in [0.29, 0.717) is 5.92 Å². The van der Waals surface area contributed by atoms with Gasteiger partial charge in [0.05, 0.1) is 0 Å². The molecule has 0 saturated heterocycles. The van der Waals surface area contributed by atoms with Crippen molar-refractivity contribution >= 4 is 5.65 Å². The molecule has 2 heterocycles. The van der Waals surface area contributed by atoms with E-state index in [1.54, 1.807) is 0 Å². The largest absolute Gasteiger partial charge is 0.221 e. The molecule has 0 atom stereocenters. The van der Waals surface area contributed by atoms with Gasteiger partial charge in [0.1, 0.15) is 0 Å². The molecule has 3 heteroatoms. The van der Waals surface area contributed by atoms with E-state index in [1.165, 1.54) is 32.1 Å². The molecule has 3 rings (SSSR count). The lowest BCUT2D eigenvalue weighted by molar-refractivity contribution is 0.429. The molecule has 0 bridgehead atoms. The maximum Gasteiger partial charge on any atom is 0.155 e. The highest BCUT2D eigenvalue weighted by atomic mass is 15.3. The Bertz CT molecular complexity index is 422. The Kier molecular flexibility index (Phi) is 2.16. The summed E-state index contributed by atoms with van der Waals surface area (Å²) in [6.45, 7) is 0. The van der Waals surface area contributed by atoms with E-state index in [2.05, 4.69) is 10.1 Å². The Labute approximate surface area is 89.1 Å². The molecular weight excluding hydrogens is 186 g/mol. The van der Waals surface area contributed by atoms with E-state index in [0.717, 1.165) is 11.5 Å². The molecule has 1 saturated carbocycles. The third-order valence-corrected chi connectivity index (χ3v) is 3.23. The quantitative estimate of drug-likeness (QED) is 0.710. The topological polar surface area (TPSA) is 30.2 Å². The molecule has 0 amide bonds. The minimum absolute atomic E-state index is 0.596. The van der Waals surface area contributed by atoms with Crippen LogP contribution in [-0.4, -0.2) is 14.6 Å². The fraction of sp³-hybridized carbons (Fsp3) is 0.500. The zero-order valence-electron chi connectivity index (χ0n) is 8.76. The summed E-state index contributed by atoms with van der Waals surface area (Å²) in [5.41, 5.74) is 0.970. The van der Waals surface area contributed by atoms with Gasteiger partial charge < -0.3 is 0 Å². The van der Waals surface area contributed by atoms with Gasteiger partial charge in [-0.1, -0.05) is 25.3 Å². The molecule has 0 spiro atoms. The van der Waals surface area contributed by atoms with Crippen molar-refractivity contribution in [2.24, 2.45) is 0 Å². The van der Waals surface area contributed by atoms with Crippen LogP contribution >= 0.6 is 0 Å². The summed E-state index contributed by atoms with van der Waals surface area (Å²) < 4.78 is 1.88. The number of pyridine rings is 1. The average molecular weight is 201 g/mol. The minimum Gasteiger partial charge on any atom is -0.221 e. The van der Waals surface area contributed by atoms with Crippen LogP contribution in [0.1, 0.15) is 43.8 Å². The lowest BCUT2D eigenvalue weighted by Crippen LogP contribution is -2.06. The Morgan fingerprint density at radius 1 is 1.13 bits per heavy atom. The summed E-state index contributed by atoms with van der Waals surface area (Å²) in [7, 11) is 0. The number of hydrogen-bond donors (Lipinski definition) is 0. The molecule has 0 aromatic carbocycles. The first-order valence-corrected chi connectivity index (χ1v) is 5.75. The highest BCUT2D eigenvalue weighted by molar-refractivity contribution is 5.36. The predicted octanol–water partition coefficient (Wildman–Crippen LogP) is 2.78. The number of nitrogens with zero attached hydrogens (tertiary/aromatic N) is 3. The molecule has 2 aromatic rings. The standard InChI is InChI=1S/C12H15N3/c1-2-6-10(7-3-1)12-13-11-8-4-5-9-15(11)14-12/h4-5,8-10H,1-3,6-7H2. The summed E-state index contributed by atoms with van der Waals surface area (Å²) in [5, 5.41) is 4.54. The second-order valence-electron chi connectivity index (χ2n) is 4.31. The van der Waals surface area contributed by atoms with Crippen molar-refractivity contribution in [3.63, 3.8) is 0 Å². The predicted molar refractivity (Wildman–Crippen MR) is 58.8 cm³/mol. The number of aromatic nitrogens is 3. The average Bonchev–Trinajstić information content (AvgIpc) is 2.74. The van der Waals surface area contributed by atoms with Crippen LogP contribution in [0.4, 0.5) is 0 Å². The molecular formula is C12H15N3. The van der Waals surface area contributed by atoms with Crippen molar-refractivity contribution in [2.75, 3.05) is 0 Å². The Morgan fingerprint density at radius 3 is 2.80 bits per heavy atom. The maximum absolute atomic E-state index is 4.59. The van der Waals surface area contributed by atoms with E-state index < -0.39 is 0 Å². The van der Waals surface area contributed by atoms with Crippen LogP contribution in [-0.2, 0) is 0 Å². The van der Waals surface area contributed by atoms with Crippen molar-refractivity contribution in [1.29, 1.82) is 0 Å². The molecule has 1 fully saturated rings. The van der Waals surface area contributed by atoms with Crippen molar-refractivity contribution in [2.45, 2.75) is 38.0 Å². The second-order valence-corrected chi connectivity index (χ2v) is 4.31. The van der Waals surface area contributed by atoms with Crippen LogP contribution in [0.5, 0.6) is 0 Å². The van der Waals surface area contributed by atoms with Gasteiger partial charge in [-0.2, -0.15) is 5.10 Å². The van der Waals surface area contributed by atoms with Gasteiger partial charge in [-0.15, -0.1) is 0 Å². The molecule has 1 aliphatic rings. The van der Waals surface area contributed by atoms with Gasteiger partial charge in [0.15, 0.2) is 11.5 Å². The van der Waals surface area contributed by atoms with Gasteiger partial charge >= 0.3 is 0 Å². The third kappa shape index (κ3) is 1.62. The van der Waals surface area contributed by atoms with E-state index in [9.17, 15) is 0 Å². The number of rotatable bonds is 1.